The van der Waals surface area contributed by atoms with Gasteiger partial charge >= 0.3 is 0 Å². The zero-order valence-corrected chi connectivity index (χ0v) is 16.0. The quantitative estimate of drug-likeness (QED) is 0.629. The fourth-order valence-electron chi connectivity index (χ4n) is 2.35. The van der Waals surface area contributed by atoms with Crippen LogP contribution in [0.2, 0.25) is 0 Å². The van der Waals surface area contributed by atoms with E-state index in [4.69, 9.17) is 9.47 Å². The Labute approximate surface area is 163 Å². The van der Waals surface area contributed by atoms with Crippen LogP contribution >= 0.6 is 23.1 Å². The fourth-order valence-corrected chi connectivity index (χ4v) is 3.66. The van der Waals surface area contributed by atoms with Crippen LogP contribution in [0.1, 0.15) is 11.9 Å². The van der Waals surface area contributed by atoms with Gasteiger partial charge in [0.05, 0.1) is 11.4 Å². The van der Waals surface area contributed by atoms with Crippen molar-refractivity contribution in [3.63, 3.8) is 0 Å². The number of fused-ring (bicyclic) bond motifs is 1. The maximum absolute atomic E-state index is 12.0. The van der Waals surface area contributed by atoms with Crippen molar-refractivity contribution in [1.29, 1.82) is 0 Å². The number of rotatable bonds is 6. The predicted molar refractivity (Wildman–Crippen MR) is 102 cm³/mol. The van der Waals surface area contributed by atoms with Crippen molar-refractivity contribution in [1.82, 2.24) is 20.4 Å². The smallest absolute Gasteiger partial charge is 0.236 e. The van der Waals surface area contributed by atoms with Crippen LogP contribution in [0.25, 0.3) is 11.3 Å². The Hall–Kier alpha value is -2.72. The Kier molecular flexibility index (Phi) is 5.16. The van der Waals surface area contributed by atoms with Gasteiger partial charge in [0.1, 0.15) is 10.0 Å². The minimum atomic E-state index is -0.152. The van der Waals surface area contributed by atoms with E-state index < -0.39 is 0 Å². The Morgan fingerprint density at radius 2 is 2.04 bits per heavy atom. The zero-order chi connectivity index (χ0) is 18.6. The summed E-state index contributed by atoms with van der Waals surface area (Å²) in [5.41, 5.74) is 1.62. The lowest BCUT2D eigenvalue weighted by atomic mass is 10.1. The number of carbonyl (C=O) groups excluding carboxylic acids is 1. The number of hydrogen-bond acceptors (Lipinski definition) is 9. The monoisotopic (exact) mass is 401 g/mol. The number of ether oxygens (including phenoxy) is 2. The number of hydrogen-bond donors (Lipinski definition) is 1. The lowest BCUT2D eigenvalue weighted by Crippen LogP contribution is -2.14. The van der Waals surface area contributed by atoms with Crippen LogP contribution in [0.15, 0.2) is 35.4 Å². The molecule has 0 saturated carbocycles. The molecule has 0 saturated heterocycles. The number of nitrogens with zero attached hydrogens (tertiary/aromatic N) is 4. The molecule has 3 aromatic rings. The third kappa shape index (κ3) is 4.17. The van der Waals surface area contributed by atoms with E-state index in [9.17, 15) is 4.79 Å². The second-order valence-corrected chi connectivity index (χ2v) is 7.57. The van der Waals surface area contributed by atoms with Gasteiger partial charge in [-0.1, -0.05) is 30.0 Å². The van der Waals surface area contributed by atoms with Gasteiger partial charge in [0.25, 0.3) is 0 Å². The Morgan fingerprint density at radius 3 is 2.81 bits per heavy atom. The van der Waals surface area contributed by atoms with Gasteiger partial charge in [-0.15, -0.1) is 20.4 Å². The number of benzene rings is 1. The van der Waals surface area contributed by atoms with Crippen LogP contribution in [-0.2, 0) is 11.2 Å². The molecule has 0 spiro atoms. The van der Waals surface area contributed by atoms with Crippen molar-refractivity contribution in [3.05, 3.63) is 35.3 Å². The van der Waals surface area contributed by atoms with E-state index in [1.54, 1.807) is 0 Å². The molecule has 0 aliphatic carbocycles. The van der Waals surface area contributed by atoms with Crippen molar-refractivity contribution >= 4 is 34.1 Å². The molecular formula is C17H15N5O3S2. The fraction of sp³-hybridized carbons (Fsp3) is 0.235. The van der Waals surface area contributed by atoms with Crippen molar-refractivity contribution in [2.24, 2.45) is 0 Å². The number of carbonyl (C=O) groups is 1. The summed E-state index contributed by atoms with van der Waals surface area (Å²) in [4.78, 5) is 12.0. The SMILES string of the molecule is CCc1nnc(NC(=O)CSc2ccc(-c3ccc4c(c3)OCO4)nn2)s1. The first-order valence-electron chi connectivity index (χ1n) is 8.20. The zero-order valence-electron chi connectivity index (χ0n) is 14.3. The first-order valence-corrected chi connectivity index (χ1v) is 10.0. The molecule has 27 heavy (non-hydrogen) atoms. The minimum Gasteiger partial charge on any atom is -0.454 e. The van der Waals surface area contributed by atoms with Crippen molar-refractivity contribution in [2.45, 2.75) is 18.4 Å². The lowest BCUT2D eigenvalue weighted by Gasteiger charge is -2.04. The van der Waals surface area contributed by atoms with E-state index in [0.717, 1.165) is 28.4 Å². The minimum absolute atomic E-state index is 0.152. The van der Waals surface area contributed by atoms with Crippen molar-refractivity contribution < 1.29 is 14.3 Å². The molecule has 1 aliphatic rings. The van der Waals surface area contributed by atoms with Crippen LogP contribution in [0.5, 0.6) is 11.5 Å². The maximum atomic E-state index is 12.0. The number of anilines is 1. The number of amides is 1. The summed E-state index contributed by atoms with van der Waals surface area (Å²) in [5, 5.41) is 21.1. The second kappa shape index (κ2) is 7.89. The third-order valence-electron chi connectivity index (χ3n) is 3.68. The third-order valence-corrected chi connectivity index (χ3v) is 5.58. The summed E-state index contributed by atoms with van der Waals surface area (Å²) in [6, 6.07) is 9.33. The Bertz CT molecular complexity index is 961. The van der Waals surface area contributed by atoms with Crippen molar-refractivity contribution in [3.8, 4) is 22.8 Å². The standard InChI is InChI=1S/C17H15N5O3S2/c1-2-15-20-22-17(27-15)18-14(23)8-26-16-6-4-11(19-21-16)10-3-5-12-13(7-10)25-9-24-12/h3-7H,2,8-9H2,1H3,(H,18,22,23). The summed E-state index contributed by atoms with van der Waals surface area (Å²) in [5.74, 6) is 1.50. The molecule has 1 aromatic carbocycles. The highest BCUT2D eigenvalue weighted by atomic mass is 32.2. The van der Waals surface area contributed by atoms with Gasteiger partial charge in [0.15, 0.2) is 11.5 Å². The largest absolute Gasteiger partial charge is 0.454 e. The molecule has 10 heteroatoms. The molecule has 138 valence electrons. The molecule has 0 unspecified atom stereocenters. The van der Waals surface area contributed by atoms with E-state index in [1.165, 1.54) is 23.1 Å². The van der Waals surface area contributed by atoms with Gasteiger partial charge in [0, 0.05) is 5.56 Å². The molecule has 0 radical (unpaired) electrons. The number of aromatic nitrogens is 4. The molecule has 1 aliphatic heterocycles. The van der Waals surface area contributed by atoms with Crippen LogP contribution in [0.3, 0.4) is 0 Å². The topological polar surface area (TPSA) is 99.1 Å². The average Bonchev–Trinajstić information content (AvgIpc) is 3.35. The van der Waals surface area contributed by atoms with Gasteiger partial charge in [-0.25, -0.2) is 0 Å². The second-order valence-electron chi connectivity index (χ2n) is 5.52. The summed E-state index contributed by atoms with van der Waals surface area (Å²) in [7, 11) is 0. The Balaban J connectivity index is 1.34. The average molecular weight is 401 g/mol. The van der Waals surface area contributed by atoms with Gasteiger partial charge in [-0.2, -0.15) is 0 Å². The highest BCUT2D eigenvalue weighted by molar-refractivity contribution is 7.99. The summed E-state index contributed by atoms with van der Waals surface area (Å²) >= 11 is 2.69. The molecule has 1 amide bonds. The highest BCUT2D eigenvalue weighted by Crippen LogP contribution is 2.35. The van der Waals surface area contributed by atoms with Gasteiger partial charge in [-0.05, 0) is 36.8 Å². The van der Waals surface area contributed by atoms with Crippen LogP contribution in [-0.4, -0.2) is 38.8 Å². The van der Waals surface area contributed by atoms with E-state index in [0.29, 0.717) is 15.9 Å². The van der Waals surface area contributed by atoms with Crippen LogP contribution in [0.4, 0.5) is 5.13 Å². The Morgan fingerprint density at radius 1 is 1.15 bits per heavy atom. The van der Waals surface area contributed by atoms with E-state index in [2.05, 4.69) is 25.7 Å². The van der Waals surface area contributed by atoms with E-state index in [-0.39, 0.29) is 18.5 Å². The molecule has 0 fully saturated rings. The molecular weight excluding hydrogens is 386 g/mol. The first-order chi connectivity index (χ1) is 13.2. The predicted octanol–water partition coefficient (Wildman–Crippen LogP) is 3.02. The van der Waals surface area contributed by atoms with E-state index in [1.807, 2.05) is 37.3 Å². The highest BCUT2D eigenvalue weighted by Gasteiger charge is 2.15. The normalized spacial score (nSPS) is 12.2. The molecule has 4 rings (SSSR count). The van der Waals surface area contributed by atoms with Crippen LogP contribution < -0.4 is 14.8 Å². The van der Waals surface area contributed by atoms with Gasteiger partial charge in [0.2, 0.25) is 17.8 Å². The number of thioether (sulfide) groups is 1. The molecule has 8 nitrogen and oxygen atoms in total. The van der Waals surface area contributed by atoms with Gasteiger partial charge in [-0.3, -0.25) is 10.1 Å². The summed E-state index contributed by atoms with van der Waals surface area (Å²) in [6.07, 6.45) is 0.799. The van der Waals surface area contributed by atoms with Crippen molar-refractivity contribution in [2.75, 3.05) is 17.9 Å². The first kappa shape index (κ1) is 17.7. The molecule has 2 aromatic heterocycles. The number of aryl methyl sites for hydroxylation is 1. The maximum Gasteiger partial charge on any atom is 0.236 e. The molecule has 0 bridgehead atoms. The van der Waals surface area contributed by atoms with Crippen LogP contribution in [0, 0.1) is 0 Å². The molecule has 1 N–H and O–H groups in total. The summed E-state index contributed by atoms with van der Waals surface area (Å²) in [6.45, 7) is 2.23. The molecule has 3 heterocycles. The lowest BCUT2D eigenvalue weighted by molar-refractivity contribution is -0.113. The number of nitrogens with one attached hydrogen (secondary N) is 1. The summed E-state index contributed by atoms with van der Waals surface area (Å²) < 4.78 is 10.7. The van der Waals surface area contributed by atoms with E-state index >= 15 is 0 Å². The molecule has 0 atom stereocenters. The van der Waals surface area contributed by atoms with Gasteiger partial charge < -0.3 is 9.47 Å².